The lowest BCUT2D eigenvalue weighted by atomic mass is 10.1. The summed E-state index contributed by atoms with van der Waals surface area (Å²) in [5.41, 5.74) is 4.68. The van der Waals surface area contributed by atoms with Gasteiger partial charge in [-0.05, 0) is 59.1 Å². The molecule has 2 aromatic carbocycles. The molecule has 3 aromatic rings. The zero-order valence-electron chi connectivity index (χ0n) is 11.6. The van der Waals surface area contributed by atoms with Crippen molar-refractivity contribution >= 4 is 38.6 Å². The van der Waals surface area contributed by atoms with Crippen molar-refractivity contribution in [2.24, 2.45) is 0 Å². The van der Waals surface area contributed by atoms with E-state index in [9.17, 15) is 4.39 Å². The maximum absolute atomic E-state index is 13.9. The summed E-state index contributed by atoms with van der Waals surface area (Å²) in [7, 11) is 0. The van der Waals surface area contributed by atoms with Gasteiger partial charge in [-0.1, -0.05) is 6.07 Å². The Balaban J connectivity index is 2.36. The highest BCUT2D eigenvalue weighted by Gasteiger charge is 2.14. The Morgan fingerprint density at radius 3 is 2.43 bits per heavy atom. The molecular formula is C16H13BrClFN2. The monoisotopic (exact) mass is 366 g/mol. The van der Waals surface area contributed by atoms with Crippen LogP contribution in [0.5, 0.6) is 0 Å². The predicted molar refractivity (Wildman–Crippen MR) is 87.8 cm³/mol. The van der Waals surface area contributed by atoms with Crippen molar-refractivity contribution in [2.45, 2.75) is 19.7 Å². The van der Waals surface area contributed by atoms with Crippen molar-refractivity contribution < 1.29 is 4.39 Å². The maximum Gasteiger partial charge on any atom is 0.139 e. The maximum atomic E-state index is 13.9. The van der Waals surface area contributed by atoms with Crippen molar-refractivity contribution in [1.82, 2.24) is 9.55 Å². The van der Waals surface area contributed by atoms with Crippen molar-refractivity contribution in [1.29, 1.82) is 0 Å². The number of benzene rings is 2. The van der Waals surface area contributed by atoms with E-state index in [1.54, 1.807) is 6.07 Å². The minimum Gasteiger partial charge on any atom is -0.295 e. The fourth-order valence-electron chi connectivity index (χ4n) is 2.58. The van der Waals surface area contributed by atoms with E-state index in [0.29, 0.717) is 10.3 Å². The van der Waals surface area contributed by atoms with Gasteiger partial charge in [0.1, 0.15) is 11.6 Å². The van der Waals surface area contributed by atoms with Crippen LogP contribution in [0.1, 0.15) is 17.0 Å². The van der Waals surface area contributed by atoms with Gasteiger partial charge in [0, 0.05) is 11.8 Å². The van der Waals surface area contributed by atoms with E-state index >= 15 is 0 Å². The first-order valence-corrected chi connectivity index (χ1v) is 7.83. The lowest BCUT2D eigenvalue weighted by Crippen LogP contribution is -2.00. The molecule has 21 heavy (non-hydrogen) atoms. The number of fused-ring (bicyclic) bond motifs is 1. The second-order valence-corrected chi connectivity index (χ2v) is 6.22. The second kappa shape index (κ2) is 5.43. The highest BCUT2D eigenvalue weighted by Crippen LogP contribution is 2.28. The average Bonchev–Trinajstić information content (AvgIpc) is 2.75. The first kappa shape index (κ1) is 14.5. The van der Waals surface area contributed by atoms with Crippen LogP contribution in [0.2, 0.25) is 0 Å². The average molecular weight is 368 g/mol. The Labute approximate surface area is 135 Å². The molecule has 1 aromatic heterocycles. The molecule has 0 aliphatic rings. The van der Waals surface area contributed by atoms with Gasteiger partial charge in [0.25, 0.3) is 0 Å². The summed E-state index contributed by atoms with van der Waals surface area (Å²) in [6.07, 6.45) is 0. The second-order valence-electron chi connectivity index (χ2n) is 5.10. The van der Waals surface area contributed by atoms with Gasteiger partial charge in [-0.3, -0.25) is 4.57 Å². The Morgan fingerprint density at radius 1 is 1.14 bits per heavy atom. The van der Waals surface area contributed by atoms with Gasteiger partial charge in [0.2, 0.25) is 0 Å². The van der Waals surface area contributed by atoms with Crippen LogP contribution >= 0.6 is 27.5 Å². The number of hydrogen-bond donors (Lipinski definition) is 0. The lowest BCUT2D eigenvalue weighted by molar-refractivity contribution is 0.622. The SMILES string of the molecule is Cc1cc(C)cc(-n2c(CCl)nc3cc(Br)c(F)cc32)c1. The number of hydrogen-bond acceptors (Lipinski definition) is 1. The Hall–Kier alpha value is -1.39. The van der Waals surface area contributed by atoms with Gasteiger partial charge in [-0.25, -0.2) is 9.37 Å². The van der Waals surface area contributed by atoms with Crippen LogP contribution in [-0.4, -0.2) is 9.55 Å². The van der Waals surface area contributed by atoms with E-state index in [1.165, 1.54) is 6.07 Å². The molecule has 0 saturated carbocycles. The molecule has 0 spiro atoms. The third kappa shape index (κ3) is 2.58. The summed E-state index contributed by atoms with van der Waals surface area (Å²) in [4.78, 5) is 4.50. The van der Waals surface area contributed by atoms with Crippen LogP contribution in [-0.2, 0) is 5.88 Å². The molecule has 5 heteroatoms. The third-order valence-electron chi connectivity index (χ3n) is 3.35. The van der Waals surface area contributed by atoms with Crippen LogP contribution in [0.15, 0.2) is 34.8 Å². The van der Waals surface area contributed by atoms with Gasteiger partial charge in [-0.2, -0.15) is 0 Å². The first-order valence-electron chi connectivity index (χ1n) is 6.50. The molecule has 0 radical (unpaired) electrons. The lowest BCUT2D eigenvalue weighted by Gasteiger charge is -2.10. The smallest absolute Gasteiger partial charge is 0.139 e. The van der Waals surface area contributed by atoms with Crippen LogP contribution in [0, 0.1) is 19.7 Å². The molecule has 0 unspecified atom stereocenters. The number of aryl methyl sites for hydroxylation is 2. The van der Waals surface area contributed by atoms with Crippen LogP contribution in [0.4, 0.5) is 4.39 Å². The van der Waals surface area contributed by atoms with Gasteiger partial charge in [-0.15, -0.1) is 11.6 Å². The van der Waals surface area contributed by atoms with E-state index in [0.717, 1.165) is 27.8 Å². The molecule has 0 bridgehead atoms. The van der Waals surface area contributed by atoms with Gasteiger partial charge >= 0.3 is 0 Å². The van der Waals surface area contributed by atoms with Crippen molar-refractivity contribution in [3.8, 4) is 5.69 Å². The first-order chi connectivity index (χ1) is 9.99. The van der Waals surface area contributed by atoms with E-state index in [1.807, 2.05) is 30.5 Å². The normalized spacial score (nSPS) is 11.3. The molecule has 0 amide bonds. The van der Waals surface area contributed by atoms with E-state index in [4.69, 9.17) is 11.6 Å². The standard InChI is InChI=1S/C16H13BrClFN2/c1-9-3-10(2)5-11(4-9)21-15-7-13(19)12(17)6-14(15)20-16(21)8-18/h3-7H,8H2,1-2H3. The number of aromatic nitrogens is 2. The third-order valence-corrected chi connectivity index (χ3v) is 4.20. The Morgan fingerprint density at radius 2 is 1.81 bits per heavy atom. The summed E-state index contributed by atoms with van der Waals surface area (Å²) in [5, 5.41) is 0. The highest BCUT2D eigenvalue weighted by atomic mass is 79.9. The molecule has 0 saturated heterocycles. The molecule has 108 valence electrons. The van der Waals surface area contributed by atoms with E-state index in [-0.39, 0.29) is 11.7 Å². The minimum atomic E-state index is -0.311. The topological polar surface area (TPSA) is 17.8 Å². The van der Waals surface area contributed by atoms with Gasteiger partial charge in [0.05, 0.1) is 21.4 Å². The zero-order valence-corrected chi connectivity index (χ0v) is 14.0. The minimum absolute atomic E-state index is 0.265. The number of alkyl halides is 1. The zero-order chi connectivity index (χ0) is 15.1. The van der Waals surface area contributed by atoms with Crippen molar-refractivity contribution in [3.63, 3.8) is 0 Å². The summed E-state index contributed by atoms with van der Waals surface area (Å²) in [5.74, 6) is 0.657. The summed E-state index contributed by atoms with van der Waals surface area (Å²) >= 11 is 9.22. The molecule has 3 rings (SSSR count). The quantitative estimate of drug-likeness (QED) is 0.563. The van der Waals surface area contributed by atoms with Crippen LogP contribution < -0.4 is 0 Å². The molecule has 0 aliphatic heterocycles. The van der Waals surface area contributed by atoms with Gasteiger partial charge < -0.3 is 0 Å². The van der Waals surface area contributed by atoms with E-state index < -0.39 is 0 Å². The molecular weight excluding hydrogens is 355 g/mol. The predicted octanol–water partition coefficient (Wildman–Crippen LogP) is 5.28. The fraction of sp³-hybridized carbons (Fsp3) is 0.188. The largest absolute Gasteiger partial charge is 0.295 e. The fourth-order valence-corrected chi connectivity index (χ4v) is 3.09. The number of rotatable bonds is 2. The number of imidazole rings is 1. The molecule has 0 N–H and O–H groups in total. The molecule has 1 heterocycles. The van der Waals surface area contributed by atoms with Crippen LogP contribution in [0.25, 0.3) is 16.7 Å². The molecule has 0 atom stereocenters. The van der Waals surface area contributed by atoms with Crippen molar-refractivity contribution in [3.05, 3.63) is 57.6 Å². The van der Waals surface area contributed by atoms with Gasteiger partial charge in [0.15, 0.2) is 0 Å². The summed E-state index contributed by atoms with van der Waals surface area (Å²) in [6, 6.07) is 9.36. The van der Waals surface area contributed by atoms with E-state index in [2.05, 4.69) is 27.0 Å². The molecule has 0 fully saturated rings. The highest BCUT2D eigenvalue weighted by molar-refractivity contribution is 9.10. The summed E-state index contributed by atoms with van der Waals surface area (Å²) < 4.78 is 16.2. The van der Waals surface area contributed by atoms with Crippen LogP contribution in [0.3, 0.4) is 0 Å². The molecule has 0 aliphatic carbocycles. The number of halogens is 3. The van der Waals surface area contributed by atoms with Crippen molar-refractivity contribution in [2.75, 3.05) is 0 Å². The Kier molecular flexibility index (Phi) is 3.76. The summed E-state index contributed by atoms with van der Waals surface area (Å²) in [6.45, 7) is 4.07. The Bertz CT molecular complexity index is 822. The number of nitrogens with zero attached hydrogens (tertiary/aromatic N) is 2. The molecule has 2 nitrogen and oxygen atoms in total.